The second-order valence-corrected chi connectivity index (χ2v) is 13.3. The Bertz CT molecular complexity index is 1340. The summed E-state index contributed by atoms with van der Waals surface area (Å²) in [6, 6.07) is 7.10. The maximum atomic E-state index is 16.8. The fraction of sp³-hybridized carbons (Fsp3) is 0.500. The molecule has 0 aromatic heterocycles. The zero-order valence-electron chi connectivity index (χ0n) is 22.1. The molecule has 1 atom stereocenters. The number of likely N-dealkylation sites (N-methyl/N-ethyl adjacent to an activating group) is 1. The van der Waals surface area contributed by atoms with Gasteiger partial charge in [0.05, 0.1) is 26.9 Å². The number of rotatable bonds is 9. The molecule has 1 saturated heterocycles. The standard InChI is InChI=1S/C26H30Cl3F4N3O3S/c1-34(16-17-4-6-21(27)20(14-17)26(31,32)33)24(37)25(30,18-5-7-22(28)23(29)15-18)10-13-36-11-8-19(9-12-36)35(2)40(3,38)39/h4-7,14-15,19H,8-13,16H2,1-3H3. The molecule has 0 spiro atoms. The van der Waals surface area contributed by atoms with Crippen LogP contribution in [0.3, 0.4) is 0 Å². The summed E-state index contributed by atoms with van der Waals surface area (Å²) in [5, 5.41) is -0.257. The van der Waals surface area contributed by atoms with Gasteiger partial charge in [0.2, 0.25) is 15.7 Å². The molecule has 6 nitrogen and oxygen atoms in total. The maximum Gasteiger partial charge on any atom is 0.417 e. The van der Waals surface area contributed by atoms with Crippen LogP contribution in [0.1, 0.15) is 36.0 Å². The molecule has 1 unspecified atom stereocenters. The second kappa shape index (κ2) is 12.7. The molecule has 222 valence electrons. The molecule has 0 radical (unpaired) electrons. The average Bonchev–Trinajstić information content (AvgIpc) is 2.88. The maximum absolute atomic E-state index is 16.8. The molecular formula is C26H30Cl3F4N3O3S. The van der Waals surface area contributed by atoms with Crippen molar-refractivity contribution in [3.05, 3.63) is 68.2 Å². The van der Waals surface area contributed by atoms with Gasteiger partial charge in [-0.15, -0.1) is 0 Å². The highest BCUT2D eigenvalue weighted by Crippen LogP contribution is 2.38. The van der Waals surface area contributed by atoms with E-state index in [1.54, 1.807) is 0 Å². The molecule has 14 heteroatoms. The number of likely N-dealkylation sites (tertiary alicyclic amines) is 1. The summed E-state index contributed by atoms with van der Waals surface area (Å²) in [5.41, 5.74) is -3.52. The van der Waals surface area contributed by atoms with Crippen LogP contribution in [0.2, 0.25) is 15.1 Å². The van der Waals surface area contributed by atoms with Crippen molar-refractivity contribution in [2.45, 2.75) is 43.7 Å². The highest BCUT2D eigenvalue weighted by atomic mass is 35.5. The van der Waals surface area contributed by atoms with E-state index in [1.165, 1.54) is 42.7 Å². The summed E-state index contributed by atoms with van der Waals surface area (Å²) in [5.74, 6) is -0.957. The molecule has 1 aliphatic heterocycles. The Morgan fingerprint density at radius 1 is 0.975 bits per heavy atom. The van der Waals surface area contributed by atoms with Crippen LogP contribution in [0.25, 0.3) is 0 Å². The Balaban J connectivity index is 1.81. The molecule has 3 rings (SSSR count). The van der Waals surface area contributed by atoms with E-state index in [0.29, 0.717) is 25.9 Å². The summed E-state index contributed by atoms with van der Waals surface area (Å²) in [6.45, 7) is 0.869. The topological polar surface area (TPSA) is 60.9 Å². The Labute approximate surface area is 246 Å². The van der Waals surface area contributed by atoms with Crippen LogP contribution < -0.4 is 0 Å². The van der Waals surface area contributed by atoms with Crippen molar-refractivity contribution in [1.82, 2.24) is 14.1 Å². The lowest BCUT2D eigenvalue weighted by Gasteiger charge is -2.37. The van der Waals surface area contributed by atoms with Gasteiger partial charge in [0.25, 0.3) is 5.91 Å². The predicted molar refractivity (Wildman–Crippen MR) is 149 cm³/mol. The molecule has 1 fully saturated rings. The minimum atomic E-state index is -4.69. The van der Waals surface area contributed by atoms with Crippen molar-refractivity contribution < 1.29 is 30.8 Å². The largest absolute Gasteiger partial charge is 0.417 e. The van der Waals surface area contributed by atoms with E-state index < -0.39 is 38.4 Å². The van der Waals surface area contributed by atoms with Crippen LogP contribution in [-0.2, 0) is 33.2 Å². The van der Waals surface area contributed by atoms with Crippen LogP contribution in [0.5, 0.6) is 0 Å². The van der Waals surface area contributed by atoms with Crippen LogP contribution in [-0.4, -0.2) is 74.5 Å². The Morgan fingerprint density at radius 2 is 1.57 bits per heavy atom. The number of hydrogen-bond donors (Lipinski definition) is 0. The Hall–Kier alpha value is -1.63. The molecule has 0 aliphatic carbocycles. The number of piperidine rings is 1. The fourth-order valence-corrected chi connectivity index (χ4v) is 6.02. The number of halogens is 7. The van der Waals surface area contributed by atoms with Gasteiger partial charge in [0, 0.05) is 45.2 Å². The van der Waals surface area contributed by atoms with E-state index >= 15 is 4.39 Å². The van der Waals surface area contributed by atoms with E-state index in [4.69, 9.17) is 34.8 Å². The van der Waals surface area contributed by atoms with Gasteiger partial charge in [-0.25, -0.2) is 17.1 Å². The summed E-state index contributed by atoms with van der Waals surface area (Å²) in [7, 11) is -0.512. The smallest absolute Gasteiger partial charge is 0.338 e. The summed E-state index contributed by atoms with van der Waals surface area (Å²) < 4.78 is 81.9. The quantitative estimate of drug-likeness (QED) is 0.303. The van der Waals surface area contributed by atoms with Gasteiger partial charge in [0.15, 0.2) is 0 Å². The van der Waals surface area contributed by atoms with Crippen molar-refractivity contribution in [1.29, 1.82) is 0 Å². The van der Waals surface area contributed by atoms with Gasteiger partial charge in [0.1, 0.15) is 0 Å². The number of benzene rings is 2. The van der Waals surface area contributed by atoms with E-state index in [0.717, 1.165) is 23.3 Å². The lowest BCUT2D eigenvalue weighted by molar-refractivity contribution is -0.145. The van der Waals surface area contributed by atoms with Crippen molar-refractivity contribution >= 4 is 50.7 Å². The first kappa shape index (κ1) is 32.9. The summed E-state index contributed by atoms with van der Waals surface area (Å²) in [6.07, 6.45) is -2.73. The zero-order valence-corrected chi connectivity index (χ0v) is 25.2. The van der Waals surface area contributed by atoms with Crippen LogP contribution in [0.4, 0.5) is 17.6 Å². The molecule has 40 heavy (non-hydrogen) atoms. The molecule has 0 saturated carbocycles. The Kier molecular flexibility index (Phi) is 10.4. The predicted octanol–water partition coefficient (Wildman–Crippen LogP) is 6.23. The lowest BCUT2D eigenvalue weighted by Crippen LogP contribution is -2.48. The summed E-state index contributed by atoms with van der Waals surface area (Å²) >= 11 is 17.8. The second-order valence-electron chi connectivity index (χ2n) is 10.0. The van der Waals surface area contributed by atoms with Crippen LogP contribution >= 0.6 is 34.8 Å². The van der Waals surface area contributed by atoms with Gasteiger partial charge >= 0.3 is 6.18 Å². The van der Waals surface area contributed by atoms with Gasteiger partial charge < -0.3 is 9.80 Å². The van der Waals surface area contributed by atoms with E-state index in [2.05, 4.69) is 0 Å². The molecule has 1 heterocycles. The third-order valence-electron chi connectivity index (χ3n) is 7.19. The Morgan fingerprint density at radius 3 is 2.12 bits per heavy atom. The van der Waals surface area contributed by atoms with E-state index in [-0.39, 0.29) is 46.7 Å². The fourth-order valence-electron chi connectivity index (χ4n) is 4.74. The zero-order chi connectivity index (χ0) is 30.0. The first-order valence-corrected chi connectivity index (χ1v) is 15.3. The SMILES string of the molecule is CN(Cc1ccc(Cl)c(C(F)(F)F)c1)C(=O)C(F)(CCN1CCC(N(C)S(C)(=O)=O)CC1)c1ccc(Cl)c(Cl)c1. The van der Waals surface area contributed by atoms with Crippen molar-refractivity contribution in [2.75, 3.05) is 40.0 Å². The van der Waals surface area contributed by atoms with Crippen molar-refractivity contribution in [3.63, 3.8) is 0 Å². The molecule has 1 aliphatic rings. The van der Waals surface area contributed by atoms with Crippen LogP contribution in [0.15, 0.2) is 36.4 Å². The highest BCUT2D eigenvalue weighted by Gasteiger charge is 2.43. The van der Waals surface area contributed by atoms with Gasteiger partial charge in [-0.1, -0.05) is 46.9 Å². The summed E-state index contributed by atoms with van der Waals surface area (Å²) in [4.78, 5) is 16.5. The molecule has 2 aromatic carbocycles. The first-order valence-electron chi connectivity index (χ1n) is 12.3. The number of nitrogens with zero attached hydrogens (tertiary/aromatic N) is 3. The third kappa shape index (κ3) is 7.80. The highest BCUT2D eigenvalue weighted by molar-refractivity contribution is 7.88. The van der Waals surface area contributed by atoms with Gasteiger partial charge in [-0.3, -0.25) is 4.79 Å². The average molecular weight is 647 g/mol. The number of amides is 1. The molecular weight excluding hydrogens is 617 g/mol. The normalized spacial score (nSPS) is 17.2. The monoisotopic (exact) mass is 645 g/mol. The van der Waals surface area contributed by atoms with Gasteiger partial charge in [-0.2, -0.15) is 13.2 Å². The molecule has 0 N–H and O–H groups in total. The minimum Gasteiger partial charge on any atom is -0.338 e. The van der Waals surface area contributed by atoms with E-state index in [1.807, 2.05) is 4.90 Å². The number of alkyl halides is 4. The lowest BCUT2D eigenvalue weighted by atomic mass is 9.89. The first-order chi connectivity index (χ1) is 18.4. The van der Waals surface area contributed by atoms with Crippen molar-refractivity contribution in [3.8, 4) is 0 Å². The van der Waals surface area contributed by atoms with Gasteiger partial charge in [-0.05, 0) is 55.8 Å². The van der Waals surface area contributed by atoms with E-state index in [9.17, 15) is 26.4 Å². The third-order valence-corrected chi connectivity index (χ3v) is 9.60. The molecule has 0 bridgehead atoms. The minimum absolute atomic E-state index is 0.0301. The number of sulfonamides is 1. The number of carbonyl (C=O) groups is 1. The molecule has 2 aromatic rings. The number of carbonyl (C=O) groups excluding carboxylic acids is 1. The molecule has 1 amide bonds. The number of hydrogen-bond acceptors (Lipinski definition) is 4. The van der Waals surface area contributed by atoms with Crippen LogP contribution in [0, 0.1) is 0 Å². The van der Waals surface area contributed by atoms with Crippen molar-refractivity contribution in [2.24, 2.45) is 0 Å².